The maximum Gasteiger partial charge on any atom is 0.240 e. The van der Waals surface area contributed by atoms with Crippen LogP contribution in [0.25, 0.3) is 0 Å². The first-order valence-electron chi connectivity index (χ1n) is 6.18. The highest BCUT2D eigenvalue weighted by Gasteiger charge is 2.21. The van der Waals surface area contributed by atoms with Gasteiger partial charge >= 0.3 is 0 Å². The van der Waals surface area contributed by atoms with E-state index in [0.717, 1.165) is 6.42 Å². The fourth-order valence-electron chi connectivity index (χ4n) is 1.36. The highest BCUT2D eigenvalue weighted by atomic mass is 35.5. The van der Waals surface area contributed by atoms with Gasteiger partial charge in [0.2, 0.25) is 10.0 Å². The number of nitrogens with two attached hydrogens (primary N) is 1. The second-order valence-electron chi connectivity index (χ2n) is 5.35. The van der Waals surface area contributed by atoms with Crippen molar-refractivity contribution in [3.63, 3.8) is 0 Å². The van der Waals surface area contributed by atoms with Crippen LogP contribution in [0.2, 0.25) is 5.02 Å². The Labute approximate surface area is 130 Å². The Bertz CT molecular complexity index is 613. The van der Waals surface area contributed by atoms with E-state index in [-0.39, 0.29) is 20.3 Å². The summed E-state index contributed by atoms with van der Waals surface area (Å²) in [7, 11) is -3.59. The second kappa shape index (κ2) is 6.39. The first-order valence-corrected chi connectivity index (χ1v) is 8.45. The molecule has 0 heterocycles. The van der Waals surface area contributed by atoms with Crippen molar-refractivity contribution in [3.05, 3.63) is 28.8 Å². The second-order valence-corrected chi connectivity index (χ2v) is 7.96. The van der Waals surface area contributed by atoms with Crippen molar-refractivity contribution in [3.8, 4) is 0 Å². The largest absolute Gasteiger partial charge is 0.389 e. The maximum atomic E-state index is 12.2. The van der Waals surface area contributed by atoms with Crippen LogP contribution in [-0.2, 0) is 10.0 Å². The standard InChI is InChI=1S/C13H19ClN2O2S2/c1-4-13(2,3)8-16-20(17,18)9-5-6-10(12(15)19)11(14)7-9/h5-7,16H,4,8H2,1-3H3,(H2,15,19). The molecule has 0 spiro atoms. The molecule has 0 aliphatic heterocycles. The predicted octanol–water partition coefficient (Wildman–Crippen LogP) is 2.69. The Morgan fingerprint density at radius 3 is 2.50 bits per heavy atom. The molecule has 0 unspecified atom stereocenters. The Balaban J connectivity index is 2.99. The number of hydrogen-bond donors (Lipinski definition) is 2. The Morgan fingerprint density at radius 2 is 2.05 bits per heavy atom. The average Bonchev–Trinajstić information content (AvgIpc) is 2.36. The zero-order chi connectivity index (χ0) is 15.6. The van der Waals surface area contributed by atoms with Crippen LogP contribution < -0.4 is 10.5 Å². The van der Waals surface area contributed by atoms with Gasteiger partial charge in [-0.2, -0.15) is 0 Å². The summed E-state index contributed by atoms with van der Waals surface area (Å²) in [4.78, 5) is 0.244. The lowest BCUT2D eigenvalue weighted by molar-refractivity contribution is 0.350. The molecule has 0 fully saturated rings. The summed E-state index contributed by atoms with van der Waals surface area (Å²) in [5, 5.41) is 0.232. The molecule has 20 heavy (non-hydrogen) atoms. The van der Waals surface area contributed by atoms with E-state index in [4.69, 9.17) is 29.6 Å². The molecule has 0 amide bonds. The third-order valence-corrected chi connectivity index (χ3v) is 5.15. The van der Waals surface area contributed by atoms with Gasteiger partial charge in [0.15, 0.2) is 0 Å². The van der Waals surface area contributed by atoms with Crippen LogP contribution in [0, 0.1) is 5.41 Å². The van der Waals surface area contributed by atoms with E-state index in [1.54, 1.807) is 0 Å². The summed E-state index contributed by atoms with van der Waals surface area (Å²) in [6, 6.07) is 4.32. The molecule has 0 radical (unpaired) electrons. The smallest absolute Gasteiger partial charge is 0.240 e. The van der Waals surface area contributed by atoms with Crippen molar-refractivity contribution >= 4 is 38.8 Å². The van der Waals surface area contributed by atoms with E-state index < -0.39 is 10.0 Å². The van der Waals surface area contributed by atoms with Crippen molar-refractivity contribution < 1.29 is 8.42 Å². The monoisotopic (exact) mass is 334 g/mol. The lowest BCUT2D eigenvalue weighted by Gasteiger charge is -2.22. The van der Waals surface area contributed by atoms with E-state index in [1.165, 1.54) is 18.2 Å². The summed E-state index contributed by atoms with van der Waals surface area (Å²) in [5.74, 6) is 0. The number of nitrogens with one attached hydrogen (secondary N) is 1. The Hall–Kier alpha value is -0.690. The van der Waals surface area contributed by atoms with Crippen molar-refractivity contribution in [2.24, 2.45) is 11.1 Å². The Kier molecular flexibility index (Phi) is 5.54. The highest BCUT2D eigenvalue weighted by Crippen LogP contribution is 2.22. The van der Waals surface area contributed by atoms with Crippen LogP contribution in [0.5, 0.6) is 0 Å². The molecule has 0 saturated heterocycles. The minimum Gasteiger partial charge on any atom is -0.389 e. The number of sulfonamides is 1. The maximum absolute atomic E-state index is 12.2. The number of halogens is 1. The van der Waals surface area contributed by atoms with Crippen LogP contribution in [-0.4, -0.2) is 20.0 Å². The van der Waals surface area contributed by atoms with E-state index in [2.05, 4.69) is 4.72 Å². The van der Waals surface area contributed by atoms with Gasteiger partial charge < -0.3 is 5.73 Å². The first-order chi connectivity index (χ1) is 9.09. The van der Waals surface area contributed by atoms with Gasteiger partial charge in [0.05, 0.1) is 9.92 Å². The molecule has 0 atom stereocenters. The highest BCUT2D eigenvalue weighted by molar-refractivity contribution is 7.89. The van der Waals surface area contributed by atoms with Gasteiger partial charge in [0, 0.05) is 12.1 Å². The van der Waals surface area contributed by atoms with Gasteiger partial charge in [-0.25, -0.2) is 13.1 Å². The molecule has 3 N–H and O–H groups in total. The minimum atomic E-state index is -3.59. The fourth-order valence-corrected chi connectivity index (χ4v) is 3.21. The molecular formula is C13H19ClN2O2S2. The molecule has 1 rings (SSSR count). The molecule has 0 aliphatic rings. The molecule has 0 aliphatic carbocycles. The lowest BCUT2D eigenvalue weighted by Crippen LogP contribution is -2.33. The average molecular weight is 335 g/mol. The van der Waals surface area contributed by atoms with E-state index >= 15 is 0 Å². The summed E-state index contributed by atoms with van der Waals surface area (Å²) in [6.07, 6.45) is 0.872. The SMILES string of the molecule is CCC(C)(C)CNS(=O)(=O)c1ccc(C(N)=S)c(Cl)c1. The van der Waals surface area contributed by atoms with Crippen molar-refractivity contribution in [2.45, 2.75) is 32.1 Å². The van der Waals surface area contributed by atoms with E-state index in [0.29, 0.717) is 12.1 Å². The zero-order valence-electron chi connectivity index (χ0n) is 11.7. The van der Waals surface area contributed by atoms with Crippen LogP contribution >= 0.6 is 23.8 Å². The summed E-state index contributed by atoms with van der Waals surface area (Å²) in [6.45, 7) is 6.37. The van der Waals surface area contributed by atoms with Gasteiger partial charge in [0.1, 0.15) is 4.99 Å². The number of thiocarbonyl (C=S) groups is 1. The first kappa shape index (κ1) is 17.4. The van der Waals surface area contributed by atoms with Crippen LogP contribution in [0.4, 0.5) is 0 Å². The lowest BCUT2D eigenvalue weighted by atomic mass is 9.91. The zero-order valence-corrected chi connectivity index (χ0v) is 14.1. The van der Waals surface area contributed by atoms with Crippen molar-refractivity contribution in [1.82, 2.24) is 4.72 Å². The molecule has 4 nitrogen and oxygen atoms in total. The van der Waals surface area contributed by atoms with Gasteiger partial charge in [-0.05, 0) is 30.0 Å². The van der Waals surface area contributed by atoms with Crippen LogP contribution in [0.3, 0.4) is 0 Å². The quantitative estimate of drug-likeness (QED) is 0.784. The van der Waals surface area contributed by atoms with Crippen LogP contribution in [0.1, 0.15) is 32.8 Å². The predicted molar refractivity (Wildman–Crippen MR) is 86.6 cm³/mol. The molecular weight excluding hydrogens is 316 g/mol. The topological polar surface area (TPSA) is 72.2 Å². The van der Waals surface area contributed by atoms with Gasteiger partial charge in [-0.1, -0.05) is 44.6 Å². The molecule has 7 heteroatoms. The van der Waals surface area contributed by atoms with Crippen molar-refractivity contribution in [1.29, 1.82) is 0 Å². The third-order valence-electron chi connectivity index (χ3n) is 3.21. The van der Waals surface area contributed by atoms with Gasteiger partial charge in [0.25, 0.3) is 0 Å². The molecule has 112 valence electrons. The molecule has 0 bridgehead atoms. The van der Waals surface area contributed by atoms with Gasteiger partial charge in [-0.15, -0.1) is 0 Å². The fraction of sp³-hybridized carbons (Fsp3) is 0.462. The summed E-state index contributed by atoms with van der Waals surface area (Å²) < 4.78 is 27.0. The molecule has 1 aromatic rings. The normalized spacial score (nSPS) is 12.4. The van der Waals surface area contributed by atoms with Crippen molar-refractivity contribution in [2.75, 3.05) is 6.54 Å². The van der Waals surface area contributed by atoms with Crippen LogP contribution in [0.15, 0.2) is 23.1 Å². The minimum absolute atomic E-state index is 0.102. The number of benzene rings is 1. The summed E-state index contributed by atoms with van der Waals surface area (Å²) in [5.41, 5.74) is 5.85. The number of hydrogen-bond acceptors (Lipinski definition) is 3. The Morgan fingerprint density at radius 1 is 1.45 bits per heavy atom. The van der Waals surface area contributed by atoms with E-state index in [9.17, 15) is 8.42 Å². The third kappa shape index (κ3) is 4.41. The molecule has 1 aromatic carbocycles. The molecule has 0 aromatic heterocycles. The van der Waals surface area contributed by atoms with Gasteiger partial charge in [-0.3, -0.25) is 0 Å². The molecule has 0 saturated carbocycles. The summed E-state index contributed by atoms with van der Waals surface area (Å²) >= 11 is 10.8. The number of rotatable bonds is 6. The van der Waals surface area contributed by atoms with E-state index in [1.807, 2.05) is 20.8 Å².